The summed E-state index contributed by atoms with van der Waals surface area (Å²) in [7, 11) is 0. The molecular formula is C14H11FN2O3S. The van der Waals surface area contributed by atoms with Crippen LogP contribution < -0.4 is 10.2 Å². The van der Waals surface area contributed by atoms with Crippen molar-refractivity contribution in [3.05, 3.63) is 46.6 Å². The first kappa shape index (κ1) is 13.6. The van der Waals surface area contributed by atoms with Gasteiger partial charge in [0.05, 0.1) is 11.3 Å². The van der Waals surface area contributed by atoms with Crippen LogP contribution in [0, 0.1) is 5.82 Å². The SMILES string of the molecule is O=C(O)c1ccsc1NC(=O)N1CCc2ccc(F)cc21. The molecule has 21 heavy (non-hydrogen) atoms. The van der Waals surface area contributed by atoms with E-state index < -0.39 is 17.8 Å². The molecule has 1 aromatic carbocycles. The second-order valence-corrected chi connectivity index (χ2v) is 5.49. The van der Waals surface area contributed by atoms with Crippen LogP contribution in [0.3, 0.4) is 0 Å². The zero-order valence-electron chi connectivity index (χ0n) is 10.8. The third-order valence-electron chi connectivity index (χ3n) is 3.30. The molecule has 0 saturated heterocycles. The summed E-state index contributed by atoms with van der Waals surface area (Å²) in [5.41, 5.74) is 1.48. The van der Waals surface area contributed by atoms with Gasteiger partial charge in [-0.2, -0.15) is 0 Å². The maximum absolute atomic E-state index is 13.3. The van der Waals surface area contributed by atoms with Gasteiger partial charge in [0.25, 0.3) is 0 Å². The molecule has 2 heterocycles. The number of thiophene rings is 1. The molecule has 0 radical (unpaired) electrons. The summed E-state index contributed by atoms with van der Waals surface area (Å²) in [5, 5.41) is 13.5. The highest BCUT2D eigenvalue weighted by Crippen LogP contribution is 2.30. The van der Waals surface area contributed by atoms with E-state index in [9.17, 15) is 14.0 Å². The summed E-state index contributed by atoms with van der Waals surface area (Å²) in [4.78, 5) is 24.7. The number of carboxylic acids is 1. The number of carbonyl (C=O) groups is 2. The lowest BCUT2D eigenvalue weighted by atomic mass is 10.2. The van der Waals surface area contributed by atoms with Crippen LogP contribution in [-0.4, -0.2) is 23.7 Å². The van der Waals surface area contributed by atoms with Crippen molar-refractivity contribution in [3.63, 3.8) is 0 Å². The van der Waals surface area contributed by atoms with E-state index in [4.69, 9.17) is 5.11 Å². The van der Waals surface area contributed by atoms with Gasteiger partial charge in [-0.25, -0.2) is 14.0 Å². The Labute approximate surface area is 123 Å². The topological polar surface area (TPSA) is 69.6 Å². The Morgan fingerprint density at radius 2 is 2.14 bits per heavy atom. The predicted octanol–water partition coefficient (Wildman–Crippen LogP) is 3.18. The Balaban J connectivity index is 1.83. The molecule has 1 aliphatic rings. The summed E-state index contributed by atoms with van der Waals surface area (Å²) in [6.45, 7) is 0.443. The molecule has 0 bridgehead atoms. The van der Waals surface area contributed by atoms with Gasteiger partial charge in [0.2, 0.25) is 0 Å². The van der Waals surface area contributed by atoms with Crippen LogP contribution in [-0.2, 0) is 6.42 Å². The molecule has 0 aliphatic carbocycles. The zero-order valence-corrected chi connectivity index (χ0v) is 11.6. The largest absolute Gasteiger partial charge is 0.478 e. The number of hydrogen-bond donors (Lipinski definition) is 2. The van der Waals surface area contributed by atoms with Crippen LogP contribution in [0.5, 0.6) is 0 Å². The second kappa shape index (κ2) is 5.17. The highest BCUT2D eigenvalue weighted by Gasteiger charge is 2.26. The van der Waals surface area contributed by atoms with Crippen LogP contribution in [0.15, 0.2) is 29.6 Å². The number of benzene rings is 1. The van der Waals surface area contributed by atoms with E-state index in [-0.39, 0.29) is 10.6 Å². The van der Waals surface area contributed by atoms with E-state index in [1.807, 2.05) is 0 Å². The number of rotatable bonds is 2. The normalized spacial score (nSPS) is 13.1. The molecule has 2 amide bonds. The van der Waals surface area contributed by atoms with Gasteiger partial charge in [0, 0.05) is 6.54 Å². The van der Waals surface area contributed by atoms with Crippen LogP contribution in [0.25, 0.3) is 0 Å². The number of carbonyl (C=O) groups excluding carboxylic acids is 1. The number of nitrogens with zero attached hydrogens (tertiary/aromatic N) is 1. The number of hydrogen-bond acceptors (Lipinski definition) is 3. The van der Waals surface area contributed by atoms with Crippen molar-refractivity contribution < 1.29 is 19.1 Å². The number of carboxylic acid groups (broad SMARTS) is 1. The van der Waals surface area contributed by atoms with Gasteiger partial charge in [-0.05, 0) is 35.6 Å². The summed E-state index contributed by atoms with van der Waals surface area (Å²) >= 11 is 1.14. The fourth-order valence-electron chi connectivity index (χ4n) is 2.30. The maximum atomic E-state index is 13.3. The maximum Gasteiger partial charge on any atom is 0.338 e. The van der Waals surface area contributed by atoms with Crippen molar-refractivity contribution in [1.82, 2.24) is 0 Å². The lowest BCUT2D eigenvalue weighted by Crippen LogP contribution is -2.33. The first-order valence-electron chi connectivity index (χ1n) is 6.24. The molecule has 0 atom stereocenters. The number of fused-ring (bicyclic) bond motifs is 1. The van der Waals surface area contributed by atoms with Crippen LogP contribution in [0.2, 0.25) is 0 Å². The van der Waals surface area contributed by atoms with E-state index in [2.05, 4.69) is 5.32 Å². The Kier molecular flexibility index (Phi) is 3.34. The summed E-state index contributed by atoms with van der Waals surface area (Å²) in [6, 6.07) is 5.31. The summed E-state index contributed by atoms with van der Waals surface area (Å²) in [5.74, 6) is -1.50. The molecule has 7 heteroatoms. The molecule has 2 aromatic rings. The molecule has 0 unspecified atom stereocenters. The predicted molar refractivity (Wildman–Crippen MR) is 77.7 cm³/mol. The lowest BCUT2D eigenvalue weighted by Gasteiger charge is -2.17. The van der Waals surface area contributed by atoms with Crippen molar-refractivity contribution >= 4 is 34.0 Å². The molecule has 0 spiro atoms. The molecule has 0 saturated carbocycles. The highest BCUT2D eigenvalue weighted by molar-refractivity contribution is 7.14. The molecule has 2 N–H and O–H groups in total. The molecular weight excluding hydrogens is 295 g/mol. The second-order valence-electron chi connectivity index (χ2n) is 4.57. The van der Waals surface area contributed by atoms with E-state index in [1.165, 1.54) is 23.1 Å². The van der Waals surface area contributed by atoms with Gasteiger partial charge in [0.1, 0.15) is 10.8 Å². The number of nitrogens with one attached hydrogen (secondary N) is 1. The number of urea groups is 1. The minimum Gasteiger partial charge on any atom is -0.478 e. The molecule has 1 aliphatic heterocycles. The number of aromatic carboxylic acids is 1. The van der Waals surface area contributed by atoms with Gasteiger partial charge in [-0.15, -0.1) is 11.3 Å². The van der Waals surface area contributed by atoms with Gasteiger partial charge < -0.3 is 5.11 Å². The van der Waals surface area contributed by atoms with Gasteiger partial charge in [-0.1, -0.05) is 6.07 Å². The van der Waals surface area contributed by atoms with Crippen molar-refractivity contribution in [2.24, 2.45) is 0 Å². The zero-order chi connectivity index (χ0) is 15.0. The van der Waals surface area contributed by atoms with E-state index in [1.54, 1.807) is 11.4 Å². The number of halogens is 1. The van der Waals surface area contributed by atoms with E-state index >= 15 is 0 Å². The van der Waals surface area contributed by atoms with Crippen molar-refractivity contribution in [2.75, 3.05) is 16.8 Å². The third kappa shape index (κ3) is 2.47. The van der Waals surface area contributed by atoms with Crippen molar-refractivity contribution in [1.29, 1.82) is 0 Å². The van der Waals surface area contributed by atoms with Crippen LogP contribution in [0.4, 0.5) is 19.9 Å². The van der Waals surface area contributed by atoms with Crippen LogP contribution >= 0.6 is 11.3 Å². The average Bonchev–Trinajstić information content (AvgIpc) is 3.04. The van der Waals surface area contributed by atoms with E-state index in [0.717, 1.165) is 16.9 Å². The first-order valence-corrected chi connectivity index (χ1v) is 7.12. The number of amides is 2. The minimum atomic E-state index is -1.10. The van der Waals surface area contributed by atoms with Gasteiger partial charge in [-0.3, -0.25) is 10.2 Å². The standard InChI is InChI=1S/C14H11FN2O3S/c15-9-2-1-8-3-5-17(11(8)7-9)14(20)16-12-10(13(18)19)4-6-21-12/h1-2,4,6-7H,3,5H2,(H,16,20)(H,18,19). The Morgan fingerprint density at radius 1 is 1.33 bits per heavy atom. The summed E-state index contributed by atoms with van der Waals surface area (Å²) < 4.78 is 13.3. The quantitative estimate of drug-likeness (QED) is 0.895. The Hall–Kier alpha value is -2.41. The fourth-order valence-corrected chi connectivity index (χ4v) is 3.07. The number of anilines is 2. The molecule has 108 valence electrons. The average molecular weight is 306 g/mol. The monoisotopic (exact) mass is 306 g/mol. The van der Waals surface area contributed by atoms with E-state index in [0.29, 0.717) is 18.7 Å². The highest BCUT2D eigenvalue weighted by atomic mass is 32.1. The first-order chi connectivity index (χ1) is 10.1. The van der Waals surface area contributed by atoms with Gasteiger partial charge in [0.15, 0.2) is 0 Å². The molecule has 1 aromatic heterocycles. The van der Waals surface area contributed by atoms with Crippen molar-refractivity contribution in [3.8, 4) is 0 Å². The summed E-state index contributed by atoms with van der Waals surface area (Å²) in [6.07, 6.45) is 0.652. The molecule has 5 nitrogen and oxygen atoms in total. The third-order valence-corrected chi connectivity index (χ3v) is 4.13. The molecule has 0 fully saturated rings. The Morgan fingerprint density at radius 3 is 2.90 bits per heavy atom. The van der Waals surface area contributed by atoms with Gasteiger partial charge >= 0.3 is 12.0 Å². The molecule has 3 rings (SSSR count). The van der Waals surface area contributed by atoms with Crippen molar-refractivity contribution in [2.45, 2.75) is 6.42 Å². The Bertz CT molecular complexity index is 729. The smallest absolute Gasteiger partial charge is 0.338 e. The van der Waals surface area contributed by atoms with Crippen LogP contribution in [0.1, 0.15) is 15.9 Å². The fraction of sp³-hybridized carbons (Fsp3) is 0.143. The minimum absolute atomic E-state index is 0.0482. The lowest BCUT2D eigenvalue weighted by molar-refractivity contribution is 0.0698.